The second-order valence-electron chi connectivity index (χ2n) is 6.83. The van der Waals surface area contributed by atoms with Crippen molar-refractivity contribution in [3.05, 3.63) is 29.3 Å². The van der Waals surface area contributed by atoms with Crippen LogP contribution in [0, 0.1) is 12.3 Å². The van der Waals surface area contributed by atoms with Crippen LogP contribution in [-0.2, 0) is 0 Å². The van der Waals surface area contributed by atoms with E-state index in [9.17, 15) is 9.90 Å². The monoisotopic (exact) mass is 275 g/mol. The van der Waals surface area contributed by atoms with Gasteiger partial charge in [0.2, 0.25) is 0 Å². The van der Waals surface area contributed by atoms with Gasteiger partial charge >= 0.3 is 0 Å². The van der Waals surface area contributed by atoms with Gasteiger partial charge in [0.25, 0.3) is 5.91 Å². The Bertz CT molecular complexity index is 498. The van der Waals surface area contributed by atoms with Gasteiger partial charge in [-0.3, -0.25) is 4.79 Å². The average molecular weight is 275 g/mol. The maximum atomic E-state index is 12.5. The molecule has 1 amide bonds. The van der Waals surface area contributed by atoms with E-state index in [-0.39, 0.29) is 17.7 Å². The van der Waals surface area contributed by atoms with Crippen LogP contribution in [0.15, 0.2) is 18.2 Å². The molecule has 110 valence electrons. The first-order valence-corrected chi connectivity index (χ1v) is 7.37. The number of hydrogen-bond donors (Lipinski definition) is 1. The van der Waals surface area contributed by atoms with Crippen LogP contribution in [0.5, 0.6) is 5.75 Å². The first-order chi connectivity index (χ1) is 9.30. The minimum absolute atomic E-state index is 0.0767. The van der Waals surface area contributed by atoms with Crippen molar-refractivity contribution in [2.24, 2.45) is 5.41 Å². The van der Waals surface area contributed by atoms with Crippen molar-refractivity contribution in [1.29, 1.82) is 0 Å². The number of carbonyl (C=O) groups is 1. The summed E-state index contributed by atoms with van der Waals surface area (Å²) in [5.41, 5.74) is 1.76. The van der Waals surface area contributed by atoms with E-state index in [1.165, 1.54) is 0 Å². The zero-order valence-electron chi connectivity index (χ0n) is 12.9. The zero-order chi connectivity index (χ0) is 14.9. The molecule has 1 aromatic rings. The van der Waals surface area contributed by atoms with Crippen molar-refractivity contribution >= 4 is 5.91 Å². The molecule has 1 N–H and O–H groups in total. The molecule has 3 nitrogen and oxygen atoms in total. The molecule has 3 heteroatoms. The second-order valence-corrected chi connectivity index (χ2v) is 6.83. The van der Waals surface area contributed by atoms with E-state index >= 15 is 0 Å². The summed E-state index contributed by atoms with van der Waals surface area (Å²) in [6, 6.07) is 5.52. The van der Waals surface area contributed by atoms with Crippen molar-refractivity contribution in [2.45, 2.75) is 52.5 Å². The fraction of sp³-hybridized carbons (Fsp3) is 0.588. The number of phenols is 1. The molecular weight excluding hydrogens is 250 g/mol. The first kappa shape index (κ1) is 14.9. The normalized spacial score (nSPS) is 18.8. The Hall–Kier alpha value is -1.51. The largest absolute Gasteiger partial charge is 0.507 e. The number of aromatic hydroxyl groups is 1. The van der Waals surface area contributed by atoms with Crippen LogP contribution in [0.25, 0.3) is 0 Å². The number of nitrogens with zero attached hydrogens (tertiary/aromatic N) is 1. The molecular formula is C17H25NO2. The van der Waals surface area contributed by atoms with Crippen molar-refractivity contribution < 1.29 is 9.90 Å². The molecule has 0 heterocycles. The van der Waals surface area contributed by atoms with Crippen molar-refractivity contribution in [3.63, 3.8) is 0 Å². The van der Waals surface area contributed by atoms with Gasteiger partial charge in [0, 0.05) is 13.1 Å². The molecule has 1 saturated carbocycles. The SMILES string of the molecule is Cc1ccc(C(=O)N(C)C2CCC(C)(C)CC2)c(O)c1. The molecule has 1 aliphatic carbocycles. The Morgan fingerprint density at radius 3 is 2.45 bits per heavy atom. The minimum Gasteiger partial charge on any atom is -0.507 e. The molecule has 2 rings (SSSR count). The van der Waals surface area contributed by atoms with Crippen LogP contribution in [0.2, 0.25) is 0 Å². The number of rotatable bonds is 2. The second kappa shape index (κ2) is 5.47. The van der Waals surface area contributed by atoms with E-state index < -0.39 is 0 Å². The van der Waals surface area contributed by atoms with Gasteiger partial charge in [0.15, 0.2) is 0 Å². The predicted molar refractivity (Wildman–Crippen MR) is 81.0 cm³/mol. The number of hydrogen-bond acceptors (Lipinski definition) is 2. The number of amides is 1. The lowest BCUT2D eigenvalue weighted by Gasteiger charge is -2.38. The molecule has 0 radical (unpaired) electrons. The zero-order valence-corrected chi connectivity index (χ0v) is 12.9. The Morgan fingerprint density at radius 1 is 1.30 bits per heavy atom. The fourth-order valence-electron chi connectivity index (χ4n) is 2.95. The summed E-state index contributed by atoms with van der Waals surface area (Å²) < 4.78 is 0. The molecule has 0 aromatic heterocycles. The molecule has 0 atom stereocenters. The smallest absolute Gasteiger partial charge is 0.257 e. The van der Waals surface area contributed by atoms with E-state index in [1.807, 2.05) is 20.0 Å². The third kappa shape index (κ3) is 3.14. The fourth-order valence-corrected chi connectivity index (χ4v) is 2.95. The lowest BCUT2D eigenvalue weighted by molar-refractivity contribution is 0.0632. The Kier molecular flexibility index (Phi) is 4.07. The number of aryl methyl sites for hydroxylation is 1. The summed E-state index contributed by atoms with van der Waals surface area (Å²) in [6.07, 6.45) is 4.38. The van der Waals surface area contributed by atoms with Gasteiger partial charge in [-0.1, -0.05) is 19.9 Å². The molecule has 0 saturated heterocycles. The maximum absolute atomic E-state index is 12.5. The third-order valence-electron chi connectivity index (χ3n) is 4.56. The summed E-state index contributed by atoms with van der Waals surface area (Å²) in [5.74, 6) is 0.00481. The van der Waals surface area contributed by atoms with Crippen LogP contribution in [0.3, 0.4) is 0 Å². The van der Waals surface area contributed by atoms with Gasteiger partial charge in [-0.05, 0) is 55.7 Å². The highest BCUT2D eigenvalue weighted by Crippen LogP contribution is 2.37. The highest BCUT2D eigenvalue weighted by molar-refractivity contribution is 5.96. The Morgan fingerprint density at radius 2 is 1.90 bits per heavy atom. The van der Waals surface area contributed by atoms with E-state index in [1.54, 1.807) is 17.0 Å². The molecule has 0 aliphatic heterocycles. The van der Waals surface area contributed by atoms with Crippen LogP contribution in [-0.4, -0.2) is 29.0 Å². The molecule has 0 bridgehead atoms. The standard InChI is InChI=1S/C17H25NO2/c1-12-5-6-14(15(19)11-12)16(20)18(4)13-7-9-17(2,3)10-8-13/h5-6,11,13,19H,7-10H2,1-4H3. The minimum atomic E-state index is -0.0767. The van der Waals surface area contributed by atoms with E-state index in [2.05, 4.69) is 13.8 Å². The predicted octanol–water partition coefficient (Wildman–Crippen LogP) is 3.74. The van der Waals surface area contributed by atoms with Crippen LogP contribution in [0.1, 0.15) is 55.5 Å². The number of phenolic OH excluding ortho intramolecular Hbond substituents is 1. The molecule has 1 aromatic carbocycles. The Labute approximate surface area is 121 Å². The van der Waals surface area contributed by atoms with Gasteiger partial charge in [-0.15, -0.1) is 0 Å². The molecule has 1 aliphatic rings. The summed E-state index contributed by atoms with van der Waals surface area (Å²) in [7, 11) is 1.85. The maximum Gasteiger partial charge on any atom is 0.257 e. The molecule has 1 fully saturated rings. The summed E-state index contributed by atoms with van der Waals surface area (Å²) in [6.45, 7) is 6.48. The highest BCUT2D eigenvalue weighted by Gasteiger charge is 2.31. The summed E-state index contributed by atoms with van der Waals surface area (Å²) in [5, 5.41) is 9.94. The Balaban J connectivity index is 2.09. The average Bonchev–Trinajstić information content (AvgIpc) is 2.37. The molecule has 0 spiro atoms. The summed E-state index contributed by atoms with van der Waals surface area (Å²) >= 11 is 0. The number of benzene rings is 1. The van der Waals surface area contributed by atoms with Gasteiger partial charge in [0.05, 0.1) is 5.56 Å². The molecule has 20 heavy (non-hydrogen) atoms. The third-order valence-corrected chi connectivity index (χ3v) is 4.56. The van der Waals surface area contributed by atoms with E-state index in [0.29, 0.717) is 11.0 Å². The first-order valence-electron chi connectivity index (χ1n) is 7.37. The highest BCUT2D eigenvalue weighted by atomic mass is 16.3. The van der Waals surface area contributed by atoms with Crippen molar-refractivity contribution in [2.75, 3.05) is 7.05 Å². The quantitative estimate of drug-likeness (QED) is 0.893. The van der Waals surface area contributed by atoms with Crippen molar-refractivity contribution in [3.8, 4) is 5.75 Å². The summed E-state index contributed by atoms with van der Waals surface area (Å²) in [4.78, 5) is 14.3. The van der Waals surface area contributed by atoms with Gasteiger partial charge in [-0.2, -0.15) is 0 Å². The molecule has 0 unspecified atom stereocenters. The lowest BCUT2D eigenvalue weighted by Crippen LogP contribution is -2.40. The van der Waals surface area contributed by atoms with Gasteiger partial charge in [0.1, 0.15) is 5.75 Å². The van der Waals surface area contributed by atoms with E-state index in [0.717, 1.165) is 31.2 Å². The van der Waals surface area contributed by atoms with Gasteiger partial charge in [-0.25, -0.2) is 0 Å². The van der Waals surface area contributed by atoms with E-state index in [4.69, 9.17) is 0 Å². The van der Waals surface area contributed by atoms with Crippen LogP contribution >= 0.6 is 0 Å². The van der Waals surface area contributed by atoms with Crippen molar-refractivity contribution in [1.82, 2.24) is 4.90 Å². The lowest BCUT2D eigenvalue weighted by atomic mass is 9.75. The number of carbonyl (C=O) groups excluding carboxylic acids is 1. The van der Waals surface area contributed by atoms with Crippen LogP contribution in [0.4, 0.5) is 0 Å². The van der Waals surface area contributed by atoms with Gasteiger partial charge < -0.3 is 10.0 Å². The van der Waals surface area contributed by atoms with Crippen LogP contribution < -0.4 is 0 Å². The topological polar surface area (TPSA) is 40.5 Å².